The topological polar surface area (TPSA) is 58.6 Å². The zero-order valence-corrected chi connectivity index (χ0v) is 12.7. The molecule has 114 valence electrons. The van der Waals surface area contributed by atoms with E-state index >= 15 is 0 Å². The number of benzene rings is 1. The van der Waals surface area contributed by atoms with Crippen LogP contribution in [0.4, 0.5) is 4.79 Å². The van der Waals surface area contributed by atoms with E-state index < -0.39 is 6.09 Å². The van der Waals surface area contributed by atoms with Gasteiger partial charge in [-0.05, 0) is 17.0 Å². The van der Waals surface area contributed by atoms with Gasteiger partial charge in [0, 0.05) is 18.5 Å². The summed E-state index contributed by atoms with van der Waals surface area (Å²) in [5, 5.41) is 6.47. The molecule has 1 aromatic carbocycles. The molecule has 2 aromatic rings. The van der Waals surface area contributed by atoms with Crippen LogP contribution in [0.5, 0.6) is 0 Å². The van der Waals surface area contributed by atoms with E-state index in [0.717, 1.165) is 5.56 Å². The van der Waals surface area contributed by atoms with Crippen molar-refractivity contribution in [3.05, 3.63) is 58.3 Å². The van der Waals surface area contributed by atoms with Crippen molar-refractivity contribution >= 4 is 23.3 Å². The van der Waals surface area contributed by atoms with E-state index in [2.05, 4.69) is 5.32 Å². The first-order valence-electron chi connectivity index (χ1n) is 7.01. The maximum Gasteiger partial charge on any atom is 0.407 e. The second-order valence-electron chi connectivity index (χ2n) is 5.13. The van der Waals surface area contributed by atoms with Crippen LogP contribution in [0.25, 0.3) is 0 Å². The quantitative estimate of drug-likeness (QED) is 0.943. The van der Waals surface area contributed by atoms with E-state index in [0.29, 0.717) is 18.7 Å². The monoisotopic (exact) mass is 316 g/mol. The molecular weight excluding hydrogens is 300 g/mol. The molecule has 1 aliphatic heterocycles. The molecule has 1 aromatic heterocycles. The van der Waals surface area contributed by atoms with E-state index in [4.69, 9.17) is 4.74 Å². The molecule has 2 heterocycles. The molecule has 0 aliphatic carbocycles. The number of ether oxygens (including phenoxy) is 1. The van der Waals surface area contributed by atoms with Crippen LogP contribution in [0.2, 0.25) is 0 Å². The molecule has 6 heteroatoms. The molecule has 3 rings (SSSR count). The molecule has 1 saturated heterocycles. The molecule has 1 aliphatic rings. The number of nitrogens with zero attached hydrogens (tertiary/aromatic N) is 1. The van der Waals surface area contributed by atoms with E-state index in [1.54, 1.807) is 4.90 Å². The van der Waals surface area contributed by atoms with Gasteiger partial charge in [0.05, 0.1) is 11.6 Å². The molecule has 1 N–H and O–H groups in total. The largest absolute Gasteiger partial charge is 0.445 e. The fraction of sp³-hybridized carbons (Fsp3) is 0.250. The number of amides is 2. The van der Waals surface area contributed by atoms with Crippen LogP contribution in [0.15, 0.2) is 47.2 Å². The molecule has 22 heavy (non-hydrogen) atoms. The number of hydrogen-bond acceptors (Lipinski definition) is 4. The Balaban J connectivity index is 1.39. The van der Waals surface area contributed by atoms with Crippen LogP contribution in [-0.4, -0.2) is 36.0 Å². The molecule has 0 radical (unpaired) electrons. The first-order chi connectivity index (χ1) is 10.7. The molecule has 0 saturated carbocycles. The van der Waals surface area contributed by atoms with Crippen LogP contribution in [0.3, 0.4) is 0 Å². The number of hydrogen-bond donors (Lipinski definition) is 1. The zero-order valence-electron chi connectivity index (χ0n) is 11.9. The molecule has 1 fully saturated rings. The van der Waals surface area contributed by atoms with Crippen molar-refractivity contribution in [2.45, 2.75) is 12.6 Å². The number of nitrogens with one attached hydrogen (secondary N) is 1. The lowest BCUT2D eigenvalue weighted by Crippen LogP contribution is -2.60. The number of thiophene rings is 1. The zero-order chi connectivity index (χ0) is 15.4. The first kappa shape index (κ1) is 14.6. The maximum absolute atomic E-state index is 12.0. The summed E-state index contributed by atoms with van der Waals surface area (Å²) in [7, 11) is 0. The number of rotatable bonds is 4. The van der Waals surface area contributed by atoms with Gasteiger partial charge in [-0.25, -0.2) is 4.79 Å². The summed E-state index contributed by atoms with van der Waals surface area (Å²) in [6.45, 7) is 1.29. The summed E-state index contributed by atoms with van der Waals surface area (Å²) < 4.78 is 5.15. The molecule has 0 spiro atoms. The highest BCUT2D eigenvalue weighted by molar-refractivity contribution is 7.08. The lowest BCUT2D eigenvalue weighted by molar-refractivity contribution is 0.0546. The minimum Gasteiger partial charge on any atom is -0.445 e. The molecule has 0 atom stereocenters. The van der Waals surface area contributed by atoms with Gasteiger partial charge in [0.25, 0.3) is 5.91 Å². The van der Waals surface area contributed by atoms with Gasteiger partial charge in [-0.1, -0.05) is 30.3 Å². The molecule has 0 bridgehead atoms. The minimum atomic E-state index is -0.448. The number of carbonyl (C=O) groups is 2. The second kappa shape index (κ2) is 6.62. The summed E-state index contributed by atoms with van der Waals surface area (Å²) in [6, 6.07) is 11.3. The first-order valence-corrected chi connectivity index (χ1v) is 7.95. The number of likely N-dealkylation sites (tertiary alicyclic amines) is 1. The summed E-state index contributed by atoms with van der Waals surface area (Å²) in [4.78, 5) is 25.4. The molecular formula is C16H16N2O3S. The van der Waals surface area contributed by atoms with Gasteiger partial charge < -0.3 is 15.0 Å². The third-order valence-electron chi connectivity index (χ3n) is 3.47. The van der Waals surface area contributed by atoms with Crippen molar-refractivity contribution in [3.8, 4) is 0 Å². The van der Waals surface area contributed by atoms with Crippen molar-refractivity contribution in [2.75, 3.05) is 13.1 Å². The predicted octanol–water partition coefficient (Wildman–Crippen LogP) is 2.50. The SMILES string of the molecule is O=C(NC1CN(C(=O)c2ccsc2)C1)OCc1ccccc1. The van der Waals surface area contributed by atoms with Crippen LogP contribution in [0, 0.1) is 0 Å². The van der Waals surface area contributed by atoms with Gasteiger partial charge in [-0.2, -0.15) is 11.3 Å². The molecule has 2 amide bonds. The number of alkyl carbamates (subject to hydrolysis) is 1. The molecule has 5 nitrogen and oxygen atoms in total. The minimum absolute atomic E-state index is 0.0111. The van der Waals surface area contributed by atoms with Crippen LogP contribution in [-0.2, 0) is 11.3 Å². The Morgan fingerprint density at radius 1 is 1.23 bits per heavy atom. The fourth-order valence-electron chi connectivity index (χ4n) is 2.24. The smallest absolute Gasteiger partial charge is 0.407 e. The highest BCUT2D eigenvalue weighted by atomic mass is 32.1. The lowest BCUT2D eigenvalue weighted by atomic mass is 10.1. The third-order valence-corrected chi connectivity index (χ3v) is 4.15. The average molecular weight is 316 g/mol. The normalized spacial score (nSPS) is 14.3. The van der Waals surface area contributed by atoms with Crippen LogP contribution >= 0.6 is 11.3 Å². The Morgan fingerprint density at radius 3 is 2.68 bits per heavy atom. The van der Waals surface area contributed by atoms with Crippen molar-refractivity contribution in [3.63, 3.8) is 0 Å². The van der Waals surface area contributed by atoms with E-state index in [9.17, 15) is 9.59 Å². The standard InChI is InChI=1S/C16H16N2O3S/c19-15(13-6-7-22-11-13)18-8-14(9-18)17-16(20)21-10-12-4-2-1-3-5-12/h1-7,11,14H,8-10H2,(H,17,20). The Hall–Kier alpha value is -2.34. The Morgan fingerprint density at radius 2 is 2.00 bits per heavy atom. The van der Waals surface area contributed by atoms with Crippen molar-refractivity contribution in [1.82, 2.24) is 10.2 Å². The highest BCUT2D eigenvalue weighted by Gasteiger charge is 2.32. The highest BCUT2D eigenvalue weighted by Crippen LogP contribution is 2.15. The van der Waals surface area contributed by atoms with Crippen LogP contribution < -0.4 is 5.32 Å². The van der Waals surface area contributed by atoms with Gasteiger partial charge >= 0.3 is 6.09 Å². The summed E-state index contributed by atoms with van der Waals surface area (Å²) in [6.07, 6.45) is -0.448. The van der Waals surface area contributed by atoms with Crippen LogP contribution in [0.1, 0.15) is 15.9 Å². The van der Waals surface area contributed by atoms with E-state index in [-0.39, 0.29) is 18.6 Å². The van der Waals surface area contributed by atoms with Crippen molar-refractivity contribution in [2.24, 2.45) is 0 Å². The lowest BCUT2D eigenvalue weighted by Gasteiger charge is -2.39. The van der Waals surface area contributed by atoms with Gasteiger partial charge in [0.15, 0.2) is 0 Å². The van der Waals surface area contributed by atoms with E-state index in [1.165, 1.54) is 11.3 Å². The maximum atomic E-state index is 12.0. The average Bonchev–Trinajstić information content (AvgIpc) is 3.03. The van der Waals surface area contributed by atoms with Gasteiger partial charge in [0.2, 0.25) is 0 Å². The Kier molecular flexibility index (Phi) is 4.39. The third kappa shape index (κ3) is 3.46. The summed E-state index contributed by atoms with van der Waals surface area (Å²) >= 11 is 1.50. The fourth-order valence-corrected chi connectivity index (χ4v) is 2.87. The van der Waals surface area contributed by atoms with Gasteiger partial charge in [0.1, 0.15) is 6.61 Å². The van der Waals surface area contributed by atoms with Crippen molar-refractivity contribution < 1.29 is 14.3 Å². The predicted molar refractivity (Wildman–Crippen MR) is 83.8 cm³/mol. The summed E-state index contributed by atoms with van der Waals surface area (Å²) in [5.74, 6) is 0.0111. The van der Waals surface area contributed by atoms with Gasteiger partial charge in [-0.15, -0.1) is 0 Å². The van der Waals surface area contributed by atoms with Gasteiger partial charge in [-0.3, -0.25) is 4.79 Å². The number of carbonyl (C=O) groups excluding carboxylic acids is 2. The molecule has 0 unspecified atom stereocenters. The Bertz CT molecular complexity index is 637. The summed E-state index contributed by atoms with van der Waals surface area (Å²) in [5.41, 5.74) is 1.65. The van der Waals surface area contributed by atoms with Crippen molar-refractivity contribution in [1.29, 1.82) is 0 Å². The second-order valence-corrected chi connectivity index (χ2v) is 5.91. The van der Waals surface area contributed by atoms with E-state index in [1.807, 2.05) is 47.2 Å². The Labute approximate surface area is 132 Å².